The summed E-state index contributed by atoms with van der Waals surface area (Å²) in [5, 5.41) is 12.8. The molecule has 2 aromatic carbocycles. The first-order valence-electron chi connectivity index (χ1n) is 5.69. The number of hydrogen-bond acceptors (Lipinski definition) is 2. The van der Waals surface area contributed by atoms with Crippen molar-refractivity contribution in [3.8, 4) is 6.07 Å². The highest BCUT2D eigenvalue weighted by atomic mass is 35.5. The van der Waals surface area contributed by atoms with Crippen LogP contribution < -0.4 is 5.32 Å². The van der Waals surface area contributed by atoms with Gasteiger partial charge in [0.1, 0.15) is 0 Å². The van der Waals surface area contributed by atoms with Crippen LogP contribution in [0.3, 0.4) is 0 Å². The van der Waals surface area contributed by atoms with Gasteiger partial charge in [-0.15, -0.1) is 0 Å². The molecule has 0 fully saturated rings. The molecule has 0 amide bonds. The molecule has 0 aliphatic heterocycles. The van der Waals surface area contributed by atoms with Crippen LogP contribution >= 0.6 is 11.6 Å². The van der Waals surface area contributed by atoms with Crippen LogP contribution in [0.5, 0.6) is 0 Å². The molecule has 18 heavy (non-hydrogen) atoms. The van der Waals surface area contributed by atoms with E-state index < -0.39 is 0 Å². The summed E-state index contributed by atoms with van der Waals surface area (Å²) in [6, 6.07) is 15.5. The van der Waals surface area contributed by atoms with Crippen molar-refractivity contribution in [3.05, 3.63) is 64.2 Å². The molecule has 0 radical (unpaired) electrons. The summed E-state index contributed by atoms with van der Waals surface area (Å²) in [4.78, 5) is 0. The SMILES string of the molecule is Cc1cc(C#N)ccc1CNc1ccccc1Cl. The minimum Gasteiger partial charge on any atom is -0.380 e. The normalized spacial score (nSPS) is 9.83. The Morgan fingerprint density at radius 2 is 2.00 bits per heavy atom. The van der Waals surface area contributed by atoms with Crippen LogP contribution in [0.25, 0.3) is 0 Å². The minimum absolute atomic E-state index is 0.689. The van der Waals surface area contributed by atoms with Gasteiger partial charge in [-0.2, -0.15) is 5.26 Å². The van der Waals surface area contributed by atoms with Crippen LogP contribution in [0.2, 0.25) is 5.02 Å². The second kappa shape index (κ2) is 5.57. The zero-order valence-electron chi connectivity index (χ0n) is 10.1. The minimum atomic E-state index is 0.689. The highest BCUT2D eigenvalue weighted by molar-refractivity contribution is 6.33. The van der Waals surface area contributed by atoms with Crippen molar-refractivity contribution < 1.29 is 0 Å². The van der Waals surface area contributed by atoms with Crippen molar-refractivity contribution in [2.75, 3.05) is 5.32 Å². The van der Waals surface area contributed by atoms with Crippen LogP contribution in [0.15, 0.2) is 42.5 Å². The van der Waals surface area contributed by atoms with Gasteiger partial charge in [-0.25, -0.2) is 0 Å². The van der Waals surface area contributed by atoms with Crippen molar-refractivity contribution in [3.63, 3.8) is 0 Å². The summed E-state index contributed by atoms with van der Waals surface area (Å²) in [7, 11) is 0. The topological polar surface area (TPSA) is 35.8 Å². The van der Waals surface area contributed by atoms with Gasteiger partial charge in [0.2, 0.25) is 0 Å². The van der Waals surface area contributed by atoms with Gasteiger partial charge in [0.25, 0.3) is 0 Å². The third-order valence-electron chi connectivity index (χ3n) is 2.81. The van der Waals surface area contributed by atoms with Crippen LogP contribution in [-0.4, -0.2) is 0 Å². The maximum absolute atomic E-state index is 8.81. The zero-order valence-corrected chi connectivity index (χ0v) is 10.8. The quantitative estimate of drug-likeness (QED) is 0.896. The Labute approximate surface area is 112 Å². The lowest BCUT2D eigenvalue weighted by Crippen LogP contribution is -2.01. The molecule has 1 N–H and O–H groups in total. The number of halogens is 1. The van der Waals surface area contributed by atoms with Gasteiger partial charge < -0.3 is 5.32 Å². The molecule has 2 rings (SSSR count). The van der Waals surface area contributed by atoms with Crippen LogP contribution in [0, 0.1) is 18.3 Å². The number of nitriles is 1. The molecular weight excluding hydrogens is 244 g/mol. The van der Waals surface area contributed by atoms with Gasteiger partial charge >= 0.3 is 0 Å². The van der Waals surface area contributed by atoms with E-state index in [4.69, 9.17) is 16.9 Å². The van der Waals surface area contributed by atoms with Crippen molar-refractivity contribution in [2.24, 2.45) is 0 Å². The van der Waals surface area contributed by atoms with Gasteiger partial charge in [0.05, 0.1) is 22.3 Å². The van der Waals surface area contributed by atoms with Crippen molar-refractivity contribution in [2.45, 2.75) is 13.5 Å². The summed E-state index contributed by atoms with van der Waals surface area (Å²) in [5.74, 6) is 0. The summed E-state index contributed by atoms with van der Waals surface area (Å²) in [6.07, 6.45) is 0. The molecule has 0 unspecified atom stereocenters. The Balaban J connectivity index is 2.12. The predicted octanol–water partition coefficient (Wildman–Crippen LogP) is 4.13. The lowest BCUT2D eigenvalue weighted by atomic mass is 10.1. The van der Waals surface area contributed by atoms with E-state index in [-0.39, 0.29) is 0 Å². The summed E-state index contributed by atoms with van der Waals surface area (Å²) >= 11 is 6.07. The molecule has 0 spiro atoms. The molecule has 0 saturated heterocycles. The average molecular weight is 257 g/mol. The molecule has 0 bridgehead atoms. The van der Waals surface area contributed by atoms with Crippen molar-refractivity contribution in [1.82, 2.24) is 0 Å². The van der Waals surface area contributed by atoms with Gasteiger partial charge in [0, 0.05) is 6.54 Å². The second-order valence-corrected chi connectivity index (χ2v) is 4.49. The molecule has 0 aliphatic carbocycles. The standard InChI is InChI=1S/C15H13ClN2/c1-11-8-12(9-17)6-7-13(11)10-18-15-5-3-2-4-14(15)16/h2-8,18H,10H2,1H3. The van der Waals surface area contributed by atoms with Gasteiger partial charge in [-0.05, 0) is 42.3 Å². The monoisotopic (exact) mass is 256 g/mol. The van der Waals surface area contributed by atoms with E-state index in [0.29, 0.717) is 17.1 Å². The smallest absolute Gasteiger partial charge is 0.0991 e. The Bertz CT molecular complexity index is 600. The van der Waals surface area contributed by atoms with Crippen LogP contribution in [-0.2, 0) is 6.54 Å². The highest BCUT2D eigenvalue weighted by Crippen LogP contribution is 2.21. The lowest BCUT2D eigenvalue weighted by Gasteiger charge is -2.10. The highest BCUT2D eigenvalue weighted by Gasteiger charge is 2.02. The molecular formula is C15H13ClN2. The Kier molecular flexibility index (Phi) is 3.86. The average Bonchev–Trinajstić information content (AvgIpc) is 2.39. The number of nitrogens with zero attached hydrogens (tertiary/aromatic N) is 1. The molecule has 2 aromatic rings. The molecule has 90 valence electrons. The number of para-hydroxylation sites is 1. The number of benzene rings is 2. The number of anilines is 1. The molecule has 0 heterocycles. The first-order chi connectivity index (χ1) is 8.70. The first kappa shape index (κ1) is 12.5. The fraction of sp³-hybridized carbons (Fsp3) is 0.133. The summed E-state index contributed by atoms with van der Waals surface area (Å²) < 4.78 is 0. The van der Waals surface area contributed by atoms with Gasteiger partial charge in [-0.3, -0.25) is 0 Å². The number of nitrogens with one attached hydrogen (secondary N) is 1. The number of aryl methyl sites for hydroxylation is 1. The largest absolute Gasteiger partial charge is 0.380 e. The molecule has 0 aliphatic rings. The van der Waals surface area contributed by atoms with Crippen molar-refractivity contribution >= 4 is 17.3 Å². The molecule has 2 nitrogen and oxygen atoms in total. The van der Waals surface area contributed by atoms with E-state index >= 15 is 0 Å². The lowest BCUT2D eigenvalue weighted by molar-refractivity contribution is 1.12. The fourth-order valence-corrected chi connectivity index (χ4v) is 1.96. The maximum Gasteiger partial charge on any atom is 0.0991 e. The Morgan fingerprint density at radius 1 is 1.22 bits per heavy atom. The van der Waals surface area contributed by atoms with E-state index in [1.165, 1.54) is 0 Å². The van der Waals surface area contributed by atoms with E-state index in [2.05, 4.69) is 11.4 Å². The van der Waals surface area contributed by atoms with E-state index in [1.54, 1.807) is 0 Å². The third-order valence-corrected chi connectivity index (χ3v) is 3.14. The maximum atomic E-state index is 8.81. The van der Waals surface area contributed by atoms with Crippen LogP contribution in [0.4, 0.5) is 5.69 Å². The van der Waals surface area contributed by atoms with Crippen molar-refractivity contribution in [1.29, 1.82) is 5.26 Å². The third kappa shape index (κ3) is 2.82. The van der Waals surface area contributed by atoms with E-state index in [0.717, 1.165) is 16.8 Å². The number of hydrogen-bond donors (Lipinski definition) is 1. The van der Waals surface area contributed by atoms with E-state index in [9.17, 15) is 0 Å². The second-order valence-electron chi connectivity index (χ2n) is 4.09. The molecule has 3 heteroatoms. The fourth-order valence-electron chi connectivity index (χ4n) is 1.76. The van der Waals surface area contributed by atoms with Crippen LogP contribution in [0.1, 0.15) is 16.7 Å². The summed E-state index contributed by atoms with van der Waals surface area (Å²) in [6.45, 7) is 2.70. The molecule has 0 aromatic heterocycles. The number of rotatable bonds is 3. The van der Waals surface area contributed by atoms with Gasteiger partial charge in [0.15, 0.2) is 0 Å². The van der Waals surface area contributed by atoms with Gasteiger partial charge in [-0.1, -0.05) is 29.8 Å². The Hall–Kier alpha value is -1.98. The molecule has 0 atom stereocenters. The predicted molar refractivity (Wildman–Crippen MR) is 74.7 cm³/mol. The van der Waals surface area contributed by atoms with E-state index in [1.807, 2.05) is 49.4 Å². The first-order valence-corrected chi connectivity index (χ1v) is 6.06. The zero-order chi connectivity index (χ0) is 13.0. The Morgan fingerprint density at radius 3 is 2.67 bits per heavy atom. The summed E-state index contributed by atoms with van der Waals surface area (Å²) in [5.41, 5.74) is 3.87. The molecule has 0 saturated carbocycles.